The Labute approximate surface area is 190 Å². The van der Waals surface area contributed by atoms with Gasteiger partial charge < -0.3 is 9.64 Å². The third-order valence-electron chi connectivity index (χ3n) is 5.73. The first kappa shape index (κ1) is 22.2. The molecule has 0 N–H and O–H groups in total. The van der Waals surface area contributed by atoms with E-state index in [1.807, 2.05) is 19.1 Å². The van der Waals surface area contributed by atoms with Gasteiger partial charge in [-0.1, -0.05) is 23.7 Å². The van der Waals surface area contributed by atoms with E-state index in [9.17, 15) is 14.4 Å². The van der Waals surface area contributed by atoms with Crippen LogP contribution in [0.5, 0.6) is 0 Å². The molecule has 7 nitrogen and oxygen atoms in total. The summed E-state index contributed by atoms with van der Waals surface area (Å²) in [7, 11) is 0. The fourth-order valence-corrected chi connectivity index (χ4v) is 4.35. The number of fused-ring (bicyclic) bond motifs is 1. The van der Waals surface area contributed by atoms with E-state index in [0.717, 1.165) is 10.9 Å². The summed E-state index contributed by atoms with van der Waals surface area (Å²) < 4.78 is 6.89. The van der Waals surface area contributed by atoms with Crippen molar-refractivity contribution in [2.24, 2.45) is 0 Å². The highest BCUT2D eigenvalue weighted by Gasteiger charge is 2.22. The molecule has 3 aromatic rings. The summed E-state index contributed by atoms with van der Waals surface area (Å²) in [6, 6.07) is 10.7. The number of halogens is 1. The Morgan fingerprint density at radius 3 is 2.69 bits per heavy atom. The van der Waals surface area contributed by atoms with Gasteiger partial charge in [-0.15, -0.1) is 0 Å². The first-order valence-corrected chi connectivity index (χ1v) is 11.0. The lowest BCUT2D eigenvalue weighted by molar-refractivity contribution is -0.135. The maximum atomic E-state index is 13.5. The molecule has 1 aliphatic rings. The minimum atomic E-state index is -0.208. The molecule has 2 aromatic heterocycles. The number of amides is 1. The molecule has 1 aliphatic heterocycles. The van der Waals surface area contributed by atoms with E-state index in [4.69, 9.17) is 16.3 Å². The molecule has 0 aliphatic carbocycles. The van der Waals surface area contributed by atoms with E-state index < -0.39 is 0 Å². The summed E-state index contributed by atoms with van der Waals surface area (Å²) in [5.41, 5.74) is 2.52. The molecule has 0 radical (unpaired) electrons. The number of aromatic nitrogens is 2. The number of hydrogen-bond donors (Lipinski definition) is 0. The van der Waals surface area contributed by atoms with E-state index >= 15 is 0 Å². The monoisotopic (exact) mass is 453 g/mol. The molecular weight excluding hydrogens is 430 g/mol. The number of aryl methyl sites for hydroxylation is 1. The van der Waals surface area contributed by atoms with E-state index in [1.54, 1.807) is 33.7 Å². The standard InChI is InChI=1S/C24H24ClN3O4/c1-2-28-23-19(7-6-18(15-29)26-23)22(16-4-3-5-17(25)14-16)20(24(28)31)8-9-21(30)27-10-12-32-13-11-27/h3-7,14-15H,2,8-13H2,1H3. The van der Waals surface area contributed by atoms with Gasteiger partial charge in [-0.05, 0) is 43.2 Å². The number of hydrogen-bond acceptors (Lipinski definition) is 5. The average molecular weight is 454 g/mol. The summed E-state index contributed by atoms with van der Waals surface area (Å²) in [5, 5.41) is 1.29. The van der Waals surface area contributed by atoms with Crippen molar-refractivity contribution in [1.82, 2.24) is 14.5 Å². The number of morpholine rings is 1. The zero-order valence-electron chi connectivity index (χ0n) is 17.8. The lowest BCUT2D eigenvalue weighted by atomic mass is 9.94. The van der Waals surface area contributed by atoms with Crippen LogP contribution in [0.3, 0.4) is 0 Å². The zero-order chi connectivity index (χ0) is 22.7. The average Bonchev–Trinajstić information content (AvgIpc) is 2.82. The summed E-state index contributed by atoms with van der Waals surface area (Å²) in [6.07, 6.45) is 1.18. The minimum Gasteiger partial charge on any atom is -0.378 e. The van der Waals surface area contributed by atoms with Crippen LogP contribution in [0.15, 0.2) is 41.2 Å². The van der Waals surface area contributed by atoms with Gasteiger partial charge in [-0.2, -0.15) is 0 Å². The van der Waals surface area contributed by atoms with Gasteiger partial charge in [0.2, 0.25) is 5.91 Å². The van der Waals surface area contributed by atoms with Crippen LogP contribution in [0.1, 0.15) is 29.4 Å². The molecule has 1 amide bonds. The fraction of sp³-hybridized carbons (Fsp3) is 0.333. The van der Waals surface area contributed by atoms with Crippen LogP contribution >= 0.6 is 11.6 Å². The number of ether oxygens (including phenoxy) is 1. The highest BCUT2D eigenvalue weighted by atomic mass is 35.5. The Balaban J connectivity index is 1.87. The normalized spacial score (nSPS) is 14.0. The van der Waals surface area contributed by atoms with Crippen LogP contribution in [0, 0.1) is 0 Å². The number of carbonyl (C=O) groups excluding carboxylic acids is 2. The maximum absolute atomic E-state index is 13.5. The summed E-state index contributed by atoms with van der Waals surface area (Å²) in [5.74, 6) is 0.00215. The van der Waals surface area contributed by atoms with Gasteiger partial charge in [0.1, 0.15) is 11.3 Å². The molecular formula is C24H24ClN3O4. The first-order valence-electron chi connectivity index (χ1n) is 10.7. The van der Waals surface area contributed by atoms with Crippen molar-refractivity contribution in [3.8, 4) is 11.1 Å². The van der Waals surface area contributed by atoms with E-state index in [0.29, 0.717) is 67.4 Å². The lowest BCUT2D eigenvalue weighted by Gasteiger charge is -2.27. The van der Waals surface area contributed by atoms with Gasteiger partial charge in [0.25, 0.3) is 5.56 Å². The SMILES string of the molecule is CCn1c(=O)c(CCC(=O)N2CCOCC2)c(-c2cccc(Cl)c2)c2ccc(C=O)nc21. The van der Waals surface area contributed by atoms with Crippen molar-refractivity contribution in [2.45, 2.75) is 26.3 Å². The zero-order valence-corrected chi connectivity index (χ0v) is 18.6. The molecule has 0 atom stereocenters. The second-order valence-corrected chi connectivity index (χ2v) is 8.07. The number of aldehydes is 1. The first-order chi connectivity index (χ1) is 15.5. The molecule has 3 heterocycles. The van der Waals surface area contributed by atoms with Crippen molar-refractivity contribution in [3.05, 3.63) is 63.0 Å². The Morgan fingerprint density at radius 2 is 2.00 bits per heavy atom. The highest BCUT2D eigenvalue weighted by molar-refractivity contribution is 6.30. The van der Waals surface area contributed by atoms with Crippen LogP contribution < -0.4 is 5.56 Å². The second-order valence-electron chi connectivity index (χ2n) is 7.63. The molecule has 32 heavy (non-hydrogen) atoms. The number of rotatable bonds is 6. The third kappa shape index (κ3) is 4.31. The Morgan fingerprint density at radius 1 is 1.22 bits per heavy atom. The van der Waals surface area contributed by atoms with Crippen LogP contribution in [0.2, 0.25) is 5.02 Å². The predicted octanol–water partition coefficient (Wildman–Crippen LogP) is 3.34. The topological polar surface area (TPSA) is 81.5 Å². The van der Waals surface area contributed by atoms with Crippen molar-refractivity contribution >= 4 is 34.8 Å². The van der Waals surface area contributed by atoms with Gasteiger partial charge in [-0.25, -0.2) is 4.98 Å². The summed E-state index contributed by atoms with van der Waals surface area (Å²) >= 11 is 6.26. The quantitative estimate of drug-likeness (QED) is 0.535. The van der Waals surface area contributed by atoms with Gasteiger partial charge in [0.15, 0.2) is 6.29 Å². The molecule has 0 spiro atoms. The summed E-state index contributed by atoms with van der Waals surface area (Å²) in [6.45, 7) is 4.44. The van der Waals surface area contributed by atoms with Gasteiger partial charge in [0.05, 0.1) is 13.2 Å². The van der Waals surface area contributed by atoms with Gasteiger partial charge in [0, 0.05) is 47.6 Å². The number of benzene rings is 1. The molecule has 166 valence electrons. The summed E-state index contributed by atoms with van der Waals surface area (Å²) in [4.78, 5) is 43.8. The largest absolute Gasteiger partial charge is 0.378 e. The van der Waals surface area contributed by atoms with Crippen molar-refractivity contribution in [2.75, 3.05) is 26.3 Å². The van der Waals surface area contributed by atoms with Crippen molar-refractivity contribution in [3.63, 3.8) is 0 Å². The predicted molar refractivity (Wildman–Crippen MR) is 123 cm³/mol. The van der Waals surface area contributed by atoms with Crippen LogP contribution in [0.25, 0.3) is 22.2 Å². The lowest BCUT2D eigenvalue weighted by Crippen LogP contribution is -2.41. The Hall–Kier alpha value is -3.03. The van der Waals surface area contributed by atoms with Crippen LogP contribution in [0.4, 0.5) is 0 Å². The number of pyridine rings is 2. The Bertz CT molecular complexity index is 1230. The van der Waals surface area contributed by atoms with Crippen LogP contribution in [-0.4, -0.2) is 52.9 Å². The molecule has 1 aromatic carbocycles. The molecule has 0 bridgehead atoms. The van der Waals surface area contributed by atoms with E-state index in [-0.39, 0.29) is 23.6 Å². The van der Waals surface area contributed by atoms with Gasteiger partial charge >= 0.3 is 0 Å². The van der Waals surface area contributed by atoms with Gasteiger partial charge in [-0.3, -0.25) is 19.0 Å². The van der Waals surface area contributed by atoms with E-state index in [1.165, 1.54) is 0 Å². The van der Waals surface area contributed by atoms with Crippen LogP contribution in [-0.2, 0) is 22.5 Å². The second kappa shape index (κ2) is 9.63. The fourth-order valence-electron chi connectivity index (χ4n) is 4.16. The van der Waals surface area contributed by atoms with E-state index in [2.05, 4.69) is 4.98 Å². The molecule has 1 saturated heterocycles. The Kier molecular flexibility index (Phi) is 6.67. The molecule has 1 fully saturated rings. The third-order valence-corrected chi connectivity index (χ3v) is 5.96. The number of nitrogens with zero attached hydrogens (tertiary/aromatic N) is 3. The smallest absolute Gasteiger partial charge is 0.256 e. The molecule has 0 unspecified atom stereocenters. The van der Waals surface area contributed by atoms with Crippen molar-refractivity contribution in [1.29, 1.82) is 0 Å². The number of carbonyl (C=O) groups is 2. The maximum Gasteiger partial charge on any atom is 0.256 e. The highest BCUT2D eigenvalue weighted by Crippen LogP contribution is 2.32. The minimum absolute atomic E-state index is 0.00215. The molecule has 8 heteroatoms. The molecule has 4 rings (SSSR count). The molecule has 0 saturated carbocycles. The van der Waals surface area contributed by atoms with Crippen molar-refractivity contribution < 1.29 is 14.3 Å².